The molecule has 2 aromatic rings. The lowest BCUT2D eigenvalue weighted by molar-refractivity contribution is -0.118. The van der Waals surface area contributed by atoms with Crippen LogP contribution in [0.2, 0.25) is 0 Å². The molecule has 1 saturated heterocycles. The molecule has 0 radical (unpaired) electrons. The van der Waals surface area contributed by atoms with Crippen LogP contribution >= 0.6 is 12.4 Å². The Morgan fingerprint density at radius 1 is 1.29 bits per heavy atom. The van der Waals surface area contributed by atoms with Crippen LogP contribution in [-0.4, -0.2) is 47.2 Å². The lowest BCUT2D eigenvalue weighted by Gasteiger charge is -2.09. The number of carbonyl (C=O) groups excluding carboxylic acids is 2. The summed E-state index contributed by atoms with van der Waals surface area (Å²) >= 11 is 0. The van der Waals surface area contributed by atoms with Gasteiger partial charge in [0.05, 0.1) is 31.6 Å². The van der Waals surface area contributed by atoms with Crippen molar-refractivity contribution < 1.29 is 23.1 Å². The summed E-state index contributed by atoms with van der Waals surface area (Å²) in [5.41, 5.74) is 0.934. The smallest absolute Gasteiger partial charge is 0.262 e. The van der Waals surface area contributed by atoms with Crippen LogP contribution in [0.3, 0.4) is 0 Å². The van der Waals surface area contributed by atoms with Gasteiger partial charge in [0.1, 0.15) is 12.3 Å². The number of halogens is 3. The van der Waals surface area contributed by atoms with E-state index in [9.17, 15) is 18.4 Å². The van der Waals surface area contributed by atoms with E-state index < -0.39 is 30.8 Å². The fourth-order valence-corrected chi connectivity index (χ4v) is 2.67. The number of alkyl halides is 2. The quantitative estimate of drug-likeness (QED) is 0.669. The number of nitrogens with zero attached hydrogens (tertiary/aromatic N) is 2. The van der Waals surface area contributed by atoms with E-state index in [1.807, 2.05) is 0 Å². The van der Waals surface area contributed by atoms with Gasteiger partial charge in [0.2, 0.25) is 11.8 Å². The van der Waals surface area contributed by atoms with Crippen LogP contribution in [0, 0.1) is 0 Å². The van der Waals surface area contributed by atoms with E-state index in [1.165, 1.54) is 17.1 Å². The first-order valence-electron chi connectivity index (χ1n) is 8.23. The summed E-state index contributed by atoms with van der Waals surface area (Å²) in [6, 6.07) is 5.89. The molecule has 0 spiro atoms. The molecule has 0 saturated carbocycles. The molecule has 8 nitrogen and oxygen atoms in total. The molecule has 3 rings (SSSR count). The van der Waals surface area contributed by atoms with Crippen molar-refractivity contribution in [2.75, 3.05) is 24.3 Å². The number of hydrogen-bond donors (Lipinski definition) is 3. The predicted molar refractivity (Wildman–Crippen MR) is 101 cm³/mol. The maximum absolute atomic E-state index is 13.2. The first kappa shape index (κ1) is 21.6. The van der Waals surface area contributed by atoms with Gasteiger partial charge in [0.25, 0.3) is 5.92 Å². The Kier molecular flexibility index (Phi) is 6.92. The van der Waals surface area contributed by atoms with Crippen molar-refractivity contribution in [2.24, 2.45) is 0 Å². The van der Waals surface area contributed by atoms with Crippen LogP contribution in [0.25, 0.3) is 0 Å². The molecule has 2 amide bonds. The number of hydrogen-bond acceptors (Lipinski definition) is 5. The molecule has 1 unspecified atom stereocenters. The normalized spacial score (nSPS) is 17.5. The van der Waals surface area contributed by atoms with Crippen molar-refractivity contribution >= 4 is 35.6 Å². The highest BCUT2D eigenvalue weighted by Gasteiger charge is 2.42. The Morgan fingerprint density at radius 2 is 2.00 bits per heavy atom. The summed E-state index contributed by atoms with van der Waals surface area (Å²) in [7, 11) is 1.55. The van der Waals surface area contributed by atoms with Gasteiger partial charge in [0, 0.05) is 18.3 Å². The minimum atomic E-state index is -2.88. The molecule has 2 heterocycles. The van der Waals surface area contributed by atoms with Crippen molar-refractivity contribution in [3.63, 3.8) is 0 Å². The maximum atomic E-state index is 13.2. The summed E-state index contributed by atoms with van der Waals surface area (Å²) in [5.74, 6) is -3.08. The molecular formula is C17H20ClF2N5O3. The number of amides is 2. The molecule has 11 heteroatoms. The third-order valence-corrected chi connectivity index (χ3v) is 4.01. The fraction of sp³-hybridized carbons (Fsp3) is 0.353. The average molecular weight is 416 g/mol. The molecule has 1 aliphatic rings. The van der Waals surface area contributed by atoms with Crippen molar-refractivity contribution in [1.29, 1.82) is 0 Å². The maximum Gasteiger partial charge on any atom is 0.262 e. The summed E-state index contributed by atoms with van der Waals surface area (Å²) < 4.78 is 32.7. The standard InChI is InChI=1S/C17H19F2N5O3.ClH/c1-27-13-4-2-11(3-5-13)22-15(25)9-24-8-12(7-21-24)23-16(26)14-6-17(18,19)10-20-14;/h2-5,7-8,14,20H,6,9-10H2,1H3,(H,22,25)(H,23,26);1H. The van der Waals surface area contributed by atoms with E-state index >= 15 is 0 Å². The van der Waals surface area contributed by atoms with Crippen LogP contribution < -0.4 is 20.7 Å². The van der Waals surface area contributed by atoms with E-state index in [-0.39, 0.29) is 24.9 Å². The molecule has 1 fully saturated rings. The van der Waals surface area contributed by atoms with Crippen molar-refractivity contribution in [1.82, 2.24) is 15.1 Å². The summed E-state index contributed by atoms with van der Waals surface area (Å²) in [6.07, 6.45) is 2.27. The Hall–Kier alpha value is -2.72. The summed E-state index contributed by atoms with van der Waals surface area (Å²) in [5, 5.41) is 11.7. The lowest BCUT2D eigenvalue weighted by Crippen LogP contribution is -2.35. The number of methoxy groups -OCH3 is 1. The molecule has 0 aliphatic carbocycles. The number of aromatic nitrogens is 2. The number of carbonyl (C=O) groups is 2. The minimum Gasteiger partial charge on any atom is -0.497 e. The second-order valence-electron chi connectivity index (χ2n) is 6.19. The first-order valence-corrected chi connectivity index (χ1v) is 8.23. The highest BCUT2D eigenvalue weighted by Crippen LogP contribution is 2.25. The van der Waals surface area contributed by atoms with Gasteiger partial charge in [-0.05, 0) is 24.3 Å². The number of benzene rings is 1. The predicted octanol–water partition coefficient (Wildman–Crippen LogP) is 1.89. The largest absolute Gasteiger partial charge is 0.497 e. The van der Waals surface area contributed by atoms with E-state index in [1.54, 1.807) is 31.4 Å². The van der Waals surface area contributed by atoms with Gasteiger partial charge < -0.3 is 15.4 Å². The van der Waals surface area contributed by atoms with Gasteiger partial charge in [-0.25, -0.2) is 8.78 Å². The number of nitrogens with one attached hydrogen (secondary N) is 3. The van der Waals surface area contributed by atoms with Crippen LogP contribution in [0.5, 0.6) is 5.75 Å². The van der Waals surface area contributed by atoms with Crippen molar-refractivity contribution in [2.45, 2.75) is 24.9 Å². The summed E-state index contributed by atoms with van der Waals surface area (Å²) in [4.78, 5) is 24.1. The monoisotopic (exact) mass is 415 g/mol. The average Bonchev–Trinajstić information content (AvgIpc) is 3.21. The molecule has 0 bridgehead atoms. The van der Waals surface area contributed by atoms with E-state index in [4.69, 9.17) is 4.74 Å². The third-order valence-electron chi connectivity index (χ3n) is 4.01. The van der Waals surface area contributed by atoms with E-state index in [0.717, 1.165) is 0 Å². The molecule has 1 aliphatic heterocycles. The van der Waals surface area contributed by atoms with Crippen molar-refractivity contribution in [3.05, 3.63) is 36.7 Å². The molecule has 28 heavy (non-hydrogen) atoms. The second kappa shape index (κ2) is 8.98. The topological polar surface area (TPSA) is 97.3 Å². The Labute approximate surface area is 166 Å². The zero-order valence-corrected chi connectivity index (χ0v) is 15.8. The molecule has 152 valence electrons. The number of rotatable bonds is 6. The van der Waals surface area contributed by atoms with Gasteiger partial charge in [-0.3, -0.25) is 19.6 Å². The van der Waals surface area contributed by atoms with Crippen LogP contribution in [0.15, 0.2) is 36.7 Å². The Balaban J connectivity index is 0.00000280. The summed E-state index contributed by atoms with van der Waals surface area (Å²) in [6.45, 7) is -0.586. The van der Waals surface area contributed by atoms with Gasteiger partial charge in [-0.1, -0.05) is 0 Å². The fourth-order valence-electron chi connectivity index (χ4n) is 2.67. The Bertz CT molecular complexity index is 828. The lowest BCUT2D eigenvalue weighted by atomic mass is 10.2. The molecular weight excluding hydrogens is 396 g/mol. The number of anilines is 2. The molecule has 1 aromatic carbocycles. The van der Waals surface area contributed by atoms with Crippen LogP contribution in [0.1, 0.15) is 6.42 Å². The Morgan fingerprint density at radius 3 is 2.61 bits per heavy atom. The van der Waals surface area contributed by atoms with Gasteiger partial charge in [-0.15, -0.1) is 12.4 Å². The number of ether oxygens (including phenoxy) is 1. The second-order valence-corrected chi connectivity index (χ2v) is 6.19. The van der Waals surface area contributed by atoms with Gasteiger partial charge in [0.15, 0.2) is 0 Å². The van der Waals surface area contributed by atoms with Crippen LogP contribution in [0.4, 0.5) is 20.2 Å². The molecule has 3 N–H and O–H groups in total. The molecule has 1 aromatic heterocycles. The van der Waals surface area contributed by atoms with E-state index in [2.05, 4.69) is 21.0 Å². The highest BCUT2D eigenvalue weighted by atomic mass is 35.5. The first-order chi connectivity index (χ1) is 12.8. The van der Waals surface area contributed by atoms with Crippen molar-refractivity contribution in [3.8, 4) is 5.75 Å². The van der Waals surface area contributed by atoms with Crippen LogP contribution in [-0.2, 0) is 16.1 Å². The zero-order valence-electron chi connectivity index (χ0n) is 14.9. The SMILES string of the molecule is COc1ccc(NC(=O)Cn2cc(NC(=O)C3CC(F)(F)CN3)cn2)cc1.Cl. The van der Waals surface area contributed by atoms with Gasteiger partial charge in [-0.2, -0.15) is 5.10 Å². The zero-order chi connectivity index (χ0) is 19.4. The van der Waals surface area contributed by atoms with E-state index in [0.29, 0.717) is 17.1 Å². The molecule has 1 atom stereocenters. The highest BCUT2D eigenvalue weighted by molar-refractivity contribution is 5.95. The van der Waals surface area contributed by atoms with Gasteiger partial charge >= 0.3 is 0 Å². The third kappa shape index (κ3) is 5.64. The minimum absolute atomic E-state index is 0.